The third-order valence-corrected chi connectivity index (χ3v) is 6.00. The zero-order valence-corrected chi connectivity index (χ0v) is 18.1. The van der Waals surface area contributed by atoms with E-state index in [2.05, 4.69) is 5.32 Å². The molecule has 0 radical (unpaired) electrons. The van der Waals surface area contributed by atoms with Crippen LogP contribution in [-0.4, -0.2) is 59.8 Å². The number of hydrogen-bond acceptors (Lipinski definition) is 6. The van der Waals surface area contributed by atoms with Gasteiger partial charge in [0.15, 0.2) is 0 Å². The van der Waals surface area contributed by atoms with Gasteiger partial charge >= 0.3 is 0 Å². The van der Waals surface area contributed by atoms with Gasteiger partial charge in [0.05, 0.1) is 21.1 Å². The number of nitrogens with one attached hydrogen (secondary N) is 1. The molecule has 2 fully saturated rings. The lowest BCUT2D eigenvalue weighted by molar-refractivity contribution is -0.136. The highest BCUT2D eigenvalue weighted by Crippen LogP contribution is 2.34. The van der Waals surface area contributed by atoms with Crippen molar-refractivity contribution in [3.8, 4) is 5.75 Å². The number of amides is 3. The second-order valence-corrected chi connectivity index (χ2v) is 8.19. The quantitative estimate of drug-likeness (QED) is 0.674. The number of benzene rings is 2. The Morgan fingerprint density at radius 3 is 2.61 bits per heavy atom. The van der Waals surface area contributed by atoms with Crippen LogP contribution in [-0.2, 0) is 34.0 Å². The lowest BCUT2D eigenvalue weighted by Gasteiger charge is -2.29. The van der Waals surface area contributed by atoms with Crippen molar-refractivity contribution in [3.05, 3.63) is 64.7 Å². The number of rotatable bonds is 6. The maximum atomic E-state index is 13.1. The van der Waals surface area contributed by atoms with Gasteiger partial charge in [-0.3, -0.25) is 24.6 Å². The fraction of sp³-hybridized carbons (Fsp3) is 0.400. The Kier molecular flexibility index (Phi) is 5.15. The molecule has 0 saturated carbocycles. The van der Waals surface area contributed by atoms with E-state index < -0.39 is 30.2 Å². The van der Waals surface area contributed by atoms with E-state index in [-0.39, 0.29) is 26.0 Å². The largest absolute Gasteiger partial charge is 0.489 e. The summed E-state index contributed by atoms with van der Waals surface area (Å²) >= 11 is 0. The zero-order chi connectivity index (χ0) is 25.5. The van der Waals surface area contributed by atoms with Crippen LogP contribution in [0.5, 0.6) is 5.75 Å². The van der Waals surface area contributed by atoms with Crippen molar-refractivity contribution in [2.24, 2.45) is 0 Å². The molecule has 1 atom stereocenters. The molecule has 33 heavy (non-hydrogen) atoms. The van der Waals surface area contributed by atoms with Crippen molar-refractivity contribution in [3.63, 3.8) is 0 Å². The Hall–Kier alpha value is -3.23. The third kappa shape index (κ3) is 4.62. The van der Waals surface area contributed by atoms with Crippen molar-refractivity contribution < 1.29 is 28.0 Å². The molecular weight excluding hydrogens is 422 g/mol. The van der Waals surface area contributed by atoms with E-state index in [1.807, 2.05) is 12.1 Å². The van der Waals surface area contributed by atoms with Gasteiger partial charge in [-0.2, -0.15) is 0 Å². The van der Waals surface area contributed by atoms with Crippen LogP contribution in [0.15, 0.2) is 42.5 Å². The minimum atomic E-state index is -1.85. The second kappa shape index (κ2) is 9.33. The first-order chi connectivity index (χ1) is 17.2. The zero-order valence-electron chi connectivity index (χ0n) is 21.1. The minimum absolute atomic E-state index is 0.00180. The Balaban J connectivity index is 1.28. The van der Waals surface area contributed by atoms with E-state index in [0.29, 0.717) is 48.7 Å². The van der Waals surface area contributed by atoms with Crippen molar-refractivity contribution in [2.45, 2.75) is 38.5 Å². The van der Waals surface area contributed by atoms with Gasteiger partial charge in [0, 0.05) is 39.9 Å². The van der Waals surface area contributed by atoms with Crippen LogP contribution in [0.1, 0.15) is 44.0 Å². The predicted molar refractivity (Wildman–Crippen MR) is 119 cm³/mol. The molecule has 3 aliphatic heterocycles. The van der Waals surface area contributed by atoms with Gasteiger partial charge in [0.1, 0.15) is 18.4 Å². The van der Waals surface area contributed by atoms with Gasteiger partial charge in [-0.1, -0.05) is 30.3 Å². The summed E-state index contributed by atoms with van der Waals surface area (Å²) < 4.78 is 37.0. The molecule has 172 valence electrons. The molecule has 2 aromatic rings. The SMILES string of the molecule is [2H]C1(N2Cc3c(OCc4ccc(C([2H])([2H])N5CCOCC5)cc4)cccc3C2=O)CCC(=O)NC1=O. The lowest BCUT2D eigenvalue weighted by Crippen LogP contribution is -2.52. The van der Waals surface area contributed by atoms with E-state index in [1.54, 1.807) is 35.2 Å². The average Bonchev–Trinajstić information content (AvgIpc) is 3.23. The Morgan fingerprint density at radius 1 is 1.09 bits per heavy atom. The van der Waals surface area contributed by atoms with Crippen molar-refractivity contribution in [2.75, 3.05) is 26.3 Å². The van der Waals surface area contributed by atoms with Crippen LogP contribution in [0.25, 0.3) is 0 Å². The molecule has 1 unspecified atom stereocenters. The van der Waals surface area contributed by atoms with E-state index >= 15 is 0 Å². The van der Waals surface area contributed by atoms with Crippen LogP contribution in [0.4, 0.5) is 0 Å². The van der Waals surface area contributed by atoms with Crippen molar-refractivity contribution >= 4 is 17.7 Å². The molecule has 5 rings (SSSR count). The highest BCUT2D eigenvalue weighted by Gasteiger charge is 2.40. The smallest absolute Gasteiger partial charge is 0.255 e. The normalized spacial score (nSPS) is 25.2. The molecule has 3 amide bonds. The van der Waals surface area contributed by atoms with Crippen LogP contribution in [0.2, 0.25) is 0 Å². The summed E-state index contributed by atoms with van der Waals surface area (Å²) in [5.74, 6) is -1.20. The number of morpholine rings is 1. The molecule has 0 bridgehead atoms. The summed E-state index contributed by atoms with van der Waals surface area (Å²) in [6.45, 7) is 0.721. The number of nitrogens with zero attached hydrogens (tertiary/aromatic N) is 2. The molecule has 0 aromatic heterocycles. The molecule has 3 aliphatic rings. The predicted octanol–water partition coefficient (Wildman–Crippen LogP) is 1.86. The highest BCUT2D eigenvalue weighted by atomic mass is 16.5. The summed E-state index contributed by atoms with van der Waals surface area (Å²) in [4.78, 5) is 40.0. The average molecular weight is 453 g/mol. The fourth-order valence-electron chi connectivity index (χ4n) is 4.22. The number of piperidine rings is 1. The van der Waals surface area contributed by atoms with E-state index in [0.717, 1.165) is 5.56 Å². The number of carbonyl (C=O) groups is 3. The number of ether oxygens (including phenoxy) is 2. The number of hydrogen-bond donors (Lipinski definition) is 1. The van der Waals surface area contributed by atoms with Gasteiger partial charge in [0.2, 0.25) is 11.8 Å². The maximum Gasteiger partial charge on any atom is 0.255 e. The van der Waals surface area contributed by atoms with Crippen LogP contribution in [0.3, 0.4) is 0 Å². The molecule has 0 aliphatic carbocycles. The summed E-state index contributed by atoms with van der Waals surface area (Å²) in [7, 11) is 0. The molecule has 3 heterocycles. The molecule has 8 nitrogen and oxygen atoms in total. The first-order valence-corrected chi connectivity index (χ1v) is 11.0. The van der Waals surface area contributed by atoms with Gasteiger partial charge in [-0.15, -0.1) is 0 Å². The molecule has 2 saturated heterocycles. The molecule has 2 aromatic carbocycles. The highest BCUT2D eigenvalue weighted by molar-refractivity contribution is 6.05. The maximum absolute atomic E-state index is 13.1. The van der Waals surface area contributed by atoms with Crippen molar-refractivity contribution in [1.82, 2.24) is 15.1 Å². The van der Waals surface area contributed by atoms with Gasteiger partial charge < -0.3 is 14.4 Å². The van der Waals surface area contributed by atoms with Crippen molar-refractivity contribution in [1.29, 1.82) is 0 Å². The van der Waals surface area contributed by atoms with E-state index in [9.17, 15) is 14.4 Å². The number of fused-ring (bicyclic) bond motifs is 1. The van der Waals surface area contributed by atoms with E-state index in [1.165, 1.54) is 4.90 Å². The molecule has 1 N–H and O–H groups in total. The summed E-state index contributed by atoms with van der Waals surface area (Å²) in [5, 5.41) is 2.16. The summed E-state index contributed by atoms with van der Waals surface area (Å²) in [5.41, 5.74) is 2.36. The third-order valence-electron chi connectivity index (χ3n) is 6.00. The molecular formula is C25H27N3O5. The van der Waals surface area contributed by atoms with Crippen LogP contribution >= 0.6 is 0 Å². The Bertz CT molecular complexity index is 1200. The topological polar surface area (TPSA) is 88.2 Å². The van der Waals surface area contributed by atoms with Gasteiger partial charge in [-0.05, 0) is 29.7 Å². The standard InChI is InChI=1S/C25H27N3O5/c29-23-9-8-21(24(30)26-23)28-15-20-19(25(28)31)2-1-3-22(20)33-16-18-6-4-17(5-7-18)14-27-10-12-32-13-11-27/h1-7,21H,8-16H2,(H,26,29,30)/i14D2,21D. The molecule has 0 spiro atoms. The first-order valence-electron chi connectivity index (χ1n) is 12.5. The Labute approximate surface area is 196 Å². The van der Waals surface area contributed by atoms with Gasteiger partial charge in [-0.25, -0.2) is 0 Å². The lowest BCUT2D eigenvalue weighted by atomic mass is 10.0. The number of imide groups is 1. The minimum Gasteiger partial charge on any atom is -0.489 e. The monoisotopic (exact) mass is 452 g/mol. The summed E-state index contributed by atoms with van der Waals surface area (Å²) in [6, 6.07) is 10.4. The van der Waals surface area contributed by atoms with Crippen LogP contribution < -0.4 is 10.1 Å². The Morgan fingerprint density at radius 2 is 1.85 bits per heavy atom. The van der Waals surface area contributed by atoms with E-state index in [4.69, 9.17) is 13.6 Å². The summed E-state index contributed by atoms with van der Waals surface area (Å²) in [6.07, 6.45) is -0.0595. The number of carbonyl (C=O) groups excluding carboxylic acids is 3. The first kappa shape index (κ1) is 18.2. The van der Waals surface area contributed by atoms with Crippen LogP contribution in [0, 0.1) is 0 Å². The second-order valence-electron chi connectivity index (χ2n) is 8.19. The molecule has 8 heteroatoms. The fourth-order valence-corrected chi connectivity index (χ4v) is 4.22. The van der Waals surface area contributed by atoms with Gasteiger partial charge in [0.25, 0.3) is 5.91 Å².